The van der Waals surface area contributed by atoms with Crippen LogP contribution < -0.4 is 20.5 Å². The van der Waals surface area contributed by atoms with Crippen LogP contribution in [0.25, 0.3) is 21.9 Å². The predicted molar refractivity (Wildman–Crippen MR) is 169 cm³/mol. The van der Waals surface area contributed by atoms with Gasteiger partial charge < -0.3 is 35.1 Å². The minimum absolute atomic E-state index is 0.134. The maximum Gasteiger partial charge on any atom is 0.175 e. The zero-order valence-corrected chi connectivity index (χ0v) is 25.4. The average Bonchev–Trinajstić information content (AvgIpc) is 2.99. The first-order valence-corrected chi connectivity index (χ1v) is 16.2. The van der Waals surface area contributed by atoms with E-state index in [1.807, 2.05) is 42.5 Å². The highest BCUT2D eigenvalue weighted by molar-refractivity contribution is 7.90. The van der Waals surface area contributed by atoms with Crippen LogP contribution in [0.2, 0.25) is 0 Å². The van der Waals surface area contributed by atoms with E-state index in [4.69, 9.17) is 24.7 Å². The Kier molecular flexibility index (Phi) is 11.8. The molecule has 0 heterocycles. The van der Waals surface area contributed by atoms with Gasteiger partial charge in [0, 0.05) is 36.4 Å². The molecule has 0 amide bonds. The van der Waals surface area contributed by atoms with Crippen molar-refractivity contribution in [3.05, 3.63) is 78.9 Å². The zero-order chi connectivity index (χ0) is 30.7. The second kappa shape index (κ2) is 15.7. The van der Waals surface area contributed by atoms with Gasteiger partial charge in [0.1, 0.15) is 29.6 Å². The monoisotopic (exact) mass is 608 g/mol. The van der Waals surface area contributed by atoms with Crippen molar-refractivity contribution < 1.29 is 32.5 Å². The van der Waals surface area contributed by atoms with E-state index in [1.165, 1.54) is 6.26 Å². The van der Waals surface area contributed by atoms with E-state index in [0.717, 1.165) is 34.9 Å². The summed E-state index contributed by atoms with van der Waals surface area (Å²) in [6.07, 6.45) is 1.99. The van der Waals surface area contributed by atoms with Crippen molar-refractivity contribution in [1.29, 1.82) is 0 Å². The molecule has 0 aromatic heterocycles. The van der Waals surface area contributed by atoms with Crippen LogP contribution in [0, 0.1) is 0 Å². The SMILES string of the molecule is CCNC(CCOCCOCCN)COc1ccc(Oc2c(-c3ccc(S(C)(=O)=O)cc3)ccc3cc(O)ccc23)cc1. The van der Waals surface area contributed by atoms with E-state index in [2.05, 4.69) is 12.2 Å². The van der Waals surface area contributed by atoms with Crippen molar-refractivity contribution in [2.45, 2.75) is 24.3 Å². The van der Waals surface area contributed by atoms with Crippen LogP contribution >= 0.6 is 0 Å². The summed E-state index contributed by atoms with van der Waals surface area (Å²) in [5, 5.41) is 15.1. The van der Waals surface area contributed by atoms with Gasteiger partial charge in [-0.15, -0.1) is 0 Å². The van der Waals surface area contributed by atoms with Gasteiger partial charge in [-0.25, -0.2) is 8.42 Å². The van der Waals surface area contributed by atoms with E-state index in [0.29, 0.717) is 56.8 Å². The lowest BCUT2D eigenvalue weighted by atomic mass is 9.99. The molecular formula is C33H40N2O7S. The summed E-state index contributed by atoms with van der Waals surface area (Å²) in [6.45, 7) is 6.08. The molecule has 0 saturated carbocycles. The number of hydrogen-bond acceptors (Lipinski definition) is 9. The third-order valence-electron chi connectivity index (χ3n) is 6.78. The van der Waals surface area contributed by atoms with Gasteiger partial charge in [-0.1, -0.05) is 25.1 Å². The lowest BCUT2D eigenvalue weighted by molar-refractivity contribution is 0.0455. The lowest BCUT2D eigenvalue weighted by Crippen LogP contribution is -2.35. The second-order valence-corrected chi connectivity index (χ2v) is 12.1. The lowest BCUT2D eigenvalue weighted by Gasteiger charge is -2.19. The summed E-state index contributed by atoms with van der Waals surface area (Å²) in [4.78, 5) is 0.247. The second-order valence-electron chi connectivity index (χ2n) is 10.1. The highest BCUT2D eigenvalue weighted by atomic mass is 32.2. The molecule has 4 N–H and O–H groups in total. The number of phenols is 1. The van der Waals surface area contributed by atoms with Crippen LogP contribution in [0.3, 0.4) is 0 Å². The largest absolute Gasteiger partial charge is 0.508 e. The first kappa shape index (κ1) is 32.2. The summed E-state index contributed by atoms with van der Waals surface area (Å²) in [7, 11) is -3.32. The Morgan fingerprint density at radius 2 is 1.56 bits per heavy atom. The summed E-state index contributed by atoms with van der Waals surface area (Å²) < 4.78 is 47.4. The molecule has 0 saturated heterocycles. The molecule has 4 rings (SSSR count). The van der Waals surface area contributed by atoms with E-state index in [1.54, 1.807) is 36.4 Å². The maximum atomic E-state index is 12.0. The highest BCUT2D eigenvalue weighted by Crippen LogP contribution is 2.41. The first-order chi connectivity index (χ1) is 20.8. The molecule has 230 valence electrons. The van der Waals surface area contributed by atoms with Gasteiger partial charge >= 0.3 is 0 Å². The third kappa shape index (κ3) is 9.41. The van der Waals surface area contributed by atoms with Crippen LogP contribution in [0.5, 0.6) is 23.0 Å². The summed E-state index contributed by atoms with van der Waals surface area (Å²) in [6, 6.07) is 23.2. The van der Waals surface area contributed by atoms with E-state index < -0.39 is 9.84 Å². The molecule has 0 spiro atoms. The highest BCUT2D eigenvalue weighted by Gasteiger charge is 2.15. The predicted octanol–water partition coefficient (Wildman–Crippen LogP) is 5.15. The minimum atomic E-state index is -3.32. The fourth-order valence-corrected chi connectivity index (χ4v) is 5.22. The topological polar surface area (TPSA) is 129 Å². The van der Waals surface area contributed by atoms with Crippen molar-refractivity contribution in [2.24, 2.45) is 5.73 Å². The van der Waals surface area contributed by atoms with Gasteiger partial charge in [-0.3, -0.25) is 0 Å². The molecule has 10 heteroatoms. The van der Waals surface area contributed by atoms with Crippen LogP contribution in [-0.2, 0) is 19.3 Å². The molecule has 0 bridgehead atoms. The van der Waals surface area contributed by atoms with Gasteiger partial charge in [0.05, 0.1) is 24.7 Å². The molecule has 4 aromatic rings. The fraction of sp³-hybridized carbons (Fsp3) is 0.333. The molecular weight excluding hydrogens is 568 g/mol. The molecule has 1 unspecified atom stereocenters. The van der Waals surface area contributed by atoms with Crippen LogP contribution in [0.1, 0.15) is 13.3 Å². The summed E-state index contributed by atoms with van der Waals surface area (Å²) >= 11 is 0. The van der Waals surface area contributed by atoms with Gasteiger partial charge in [0.2, 0.25) is 0 Å². The van der Waals surface area contributed by atoms with E-state index in [9.17, 15) is 13.5 Å². The first-order valence-electron chi connectivity index (χ1n) is 14.3. The molecule has 1 atom stereocenters. The van der Waals surface area contributed by atoms with Crippen molar-refractivity contribution in [1.82, 2.24) is 5.32 Å². The number of nitrogens with one attached hydrogen (secondary N) is 1. The molecule has 0 aliphatic rings. The molecule has 0 aliphatic carbocycles. The number of phenolic OH excluding ortho intramolecular Hbond substituents is 1. The Morgan fingerprint density at radius 3 is 2.23 bits per heavy atom. The number of fused-ring (bicyclic) bond motifs is 1. The van der Waals surface area contributed by atoms with Crippen molar-refractivity contribution in [3.63, 3.8) is 0 Å². The van der Waals surface area contributed by atoms with E-state index in [-0.39, 0.29) is 16.7 Å². The molecule has 43 heavy (non-hydrogen) atoms. The van der Waals surface area contributed by atoms with Crippen molar-refractivity contribution in [3.8, 4) is 34.1 Å². The Morgan fingerprint density at radius 1 is 0.860 bits per heavy atom. The van der Waals surface area contributed by atoms with Crippen LogP contribution in [0.4, 0.5) is 0 Å². The fourth-order valence-electron chi connectivity index (χ4n) is 4.59. The molecule has 0 radical (unpaired) electrons. The quantitative estimate of drug-likeness (QED) is 0.139. The zero-order valence-electron chi connectivity index (χ0n) is 24.6. The number of likely N-dealkylation sites (N-methyl/N-ethyl adjacent to an activating group) is 1. The van der Waals surface area contributed by atoms with Crippen LogP contribution in [-0.4, -0.2) is 71.9 Å². The number of rotatable bonds is 17. The minimum Gasteiger partial charge on any atom is -0.508 e. The average molecular weight is 609 g/mol. The number of ether oxygens (including phenoxy) is 4. The Hall–Kier alpha value is -3.67. The Balaban J connectivity index is 1.45. The summed E-state index contributed by atoms with van der Waals surface area (Å²) in [5.74, 6) is 2.07. The van der Waals surface area contributed by atoms with Gasteiger partial charge in [0.15, 0.2) is 9.84 Å². The number of sulfone groups is 1. The molecule has 4 aromatic carbocycles. The molecule has 9 nitrogen and oxygen atoms in total. The van der Waals surface area contributed by atoms with Gasteiger partial charge in [-0.2, -0.15) is 0 Å². The standard InChI is InChI=1S/C33H40N2O7S/c1-3-35-26(16-18-39-20-21-40-19-17-34)23-41-28-8-10-29(11-9-28)42-33-31(14-6-25-22-27(36)7-15-32(25)33)24-4-12-30(13-5-24)43(2,37)38/h4-15,22,26,35-36H,3,16-21,23,34H2,1-2H3. The normalized spacial score (nSPS) is 12.3. The van der Waals surface area contributed by atoms with E-state index >= 15 is 0 Å². The number of hydrogen-bond donors (Lipinski definition) is 3. The van der Waals surface area contributed by atoms with Crippen molar-refractivity contribution >= 4 is 20.6 Å². The molecule has 0 fully saturated rings. The number of benzene rings is 4. The van der Waals surface area contributed by atoms with Gasteiger partial charge in [0.25, 0.3) is 0 Å². The maximum absolute atomic E-state index is 12.0. The Bertz CT molecular complexity index is 1560. The van der Waals surface area contributed by atoms with Crippen molar-refractivity contribution in [2.75, 3.05) is 52.4 Å². The molecule has 0 aliphatic heterocycles. The Labute approximate surface area is 253 Å². The van der Waals surface area contributed by atoms with Crippen LogP contribution in [0.15, 0.2) is 83.8 Å². The smallest absolute Gasteiger partial charge is 0.175 e. The number of nitrogens with two attached hydrogens (primary N) is 1. The van der Waals surface area contributed by atoms with Gasteiger partial charge in [-0.05, 0) is 84.6 Å². The summed E-state index contributed by atoms with van der Waals surface area (Å²) in [5.41, 5.74) is 7.01. The number of aromatic hydroxyl groups is 1. The third-order valence-corrected chi connectivity index (χ3v) is 7.91.